The van der Waals surface area contributed by atoms with Crippen molar-refractivity contribution < 1.29 is 13.2 Å². The summed E-state index contributed by atoms with van der Waals surface area (Å²) in [6.07, 6.45) is 1.70. The van der Waals surface area contributed by atoms with Crippen LogP contribution in [0.1, 0.15) is 18.5 Å². The second kappa shape index (κ2) is 5.40. The van der Waals surface area contributed by atoms with Gasteiger partial charge in [0.2, 0.25) is 5.91 Å². The molecule has 16 heavy (non-hydrogen) atoms. The molecule has 1 heterocycles. The van der Waals surface area contributed by atoms with Crippen molar-refractivity contribution in [3.05, 3.63) is 11.1 Å². The van der Waals surface area contributed by atoms with Crippen LogP contribution >= 0.6 is 11.3 Å². The number of sulfone groups is 1. The molecule has 0 atom stereocenters. The minimum atomic E-state index is -2.98. The number of carbonyl (C=O) groups excluding carboxylic acids is 1. The monoisotopic (exact) mass is 262 g/mol. The average molecular weight is 262 g/mol. The largest absolute Gasteiger partial charge is 0.302 e. The molecule has 0 bridgehead atoms. The van der Waals surface area contributed by atoms with Gasteiger partial charge in [0.05, 0.1) is 11.4 Å². The van der Waals surface area contributed by atoms with E-state index in [4.69, 9.17) is 0 Å². The Morgan fingerprint density at radius 3 is 2.75 bits per heavy atom. The van der Waals surface area contributed by atoms with E-state index < -0.39 is 9.84 Å². The van der Waals surface area contributed by atoms with Crippen molar-refractivity contribution in [1.29, 1.82) is 0 Å². The number of nitrogens with zero attached hydrogens (tertiary/aromatic N) is 1. The molecule has 0 aliphatic carbocycles. The van der Waals surface area contributed by atoms with Crippen LogP contribution in [0.4, 0.5) is 5.13 Å². The summed E-state index contributed by atoms with van der Waals surface area (Å²) in [7, 11) is -2.98. The second-order valence-corrected chi connectivity index (χ2v) is 6.69. The summed E-state index contributed by atoms with van der Waals surface area (Å²) in [5.41, 5.74) is 0.858. The standard InChI is InChI=1S/C9H14N2O3S2/c1-7-6-15-9(10-7)11-8(12)4-3-5-16(2,13)14/h6H,3-5H2,1-2H3,(H,10,11,12). The summed E-state index contributed by atoms with van der Waals surface area (Å²) in [6, 6.07) is 0. The summed E-state index contributed by atoms with van der Waals surface area (Å²) in [6.45, 7) is 1.84. The highest BCUT2D eigenvalue weighted by Gasteiger charge is 2.07. The number of hydrogen-bond donors (Lipinski definition) is 1. The van der Waals surface area contributed by atoms with Crippen LogP contribution in [0.25, 0.3) is 0 Å². The zero-order valence-corrected chi connectivity index (χ0v) is 10.8. The smallest absolute Gasteiger partial charge is 0.226 e. The van der Waals surface area contributed by atoms with Crippen molar-refractivity contribution in [1.82, 2.24) is 4.98 Å². The SMILES string of the molecule is Cc1csc(NC(=O)CCCS(C)(=O)=O)n1. The van der Waals surface area contributed by atoms with Crippen molar-refractivity contribution in [2.45, 2.75) is 19.8 Å². The molecule has 0 fully saturated rings. The van der Waals surface area contributed by atoms with Crippen LogP contribution < -0.4 is 5.32 Å². The number of nitrogens with one attached hydrogen (secondary N) is 1. The Balaban J connectivity index is 2.32. The van der Waals surface area contributed by atoms with Crippen LogP contribution in [0.2, 0.25) is 0 Å². The van der Waals surface area contributed by atoms with Gasteiger partial charge < -0.3 is 5.32 Å². The Kier molecular flexibility index (Phi) is 4.43. The van der Waals surface area contributed by atoms with Crippen LogP contribution in [0.5, 0.6) is 0 Å². The van der Waals surface area contributed by atoms with E-state index in [1.165, 1.54) is 11.3 Å². The van der Waals surface area contributed by atoms with Gasteiger partial charge in [0, 0.05) is 18.1 Å². The van der Waals surface area contributed by atoms with Gasteiger partial charge in [-0.25, -0.2) is 13.4 Å². The topological polar surface area (TPSA) is 76.1 Å². The number of rotatable bonds is 5. The lowest BCUT2D eigenvalue weighted by molar-refractivity contribution is -0.116. The van der Waals surface area contributed by atoms with Crippen LogP contribution in [0.3, 0.4) is 0 Å². The summed E-state index contributed by atoms with van der Waals surface area (Å²) in [5, 5.41) is 5.02. The van der Waals surface area contributed by atoms with E-state index in [9.17, 15) is 13.2 Å². The summed E-state index contributed by atoms with van der Waals surface area (Å²) in [4.78, 5) is 15.4. The molecule has 0 aliphatic heterocycles. The van der Waals surface area contributed by atoms with E-state index in [0.717, 1.165) is 11.9 Å². The molecule has 90 valence electrons. The molecule has 1 aromatic heterocycles. The number of amides is 1. The summed E-state index contributed by atoms with van der Waals surface area (Å²) < 4.78 is 21.7. The molecule has 7 heteroatoms. The first kappa shape index (κ1) is 13.1. The maximum atomic E-state index is 11.4. The van der Waals surface area contributed by atoms with E-state index in [-0.39, 0.29) is 18.1 Å². The molecule has 0 aromatic carbocycles. The minimum absolute atomic E-state index is 0.0390. The van der Waals surface area contributed by atoms with Gasteiger partial charge in [-0.3, -0.25) is 4.79 Å². The van der Waals surface area contributed by atoms with Crippen LogP contribution in [-0.4, -0.2) is 31.3 Å². The minimum Gasteiger partial charge on any atom is -0.302 e. The highest BCUT2D eigenvalue weighted by atomic mass is 32.2. The van der Waals surface area contributed by atoms with Gasteiger partial charge in [0.1, 0.15) is 9.84 Å². The first-order chi connectivity index (χ1) is 7.37. The lowest BCUT2D eigenvalue weighted by Crippen LogP contribution is -2.13. The fourth-order valence-electron chi connectivity index (χ4n) is 1.09. The van der Waals surface area contributed by atoms with E-state index in [2.05, 4.69) is 10.3 Å². The lowest BCUT2D eigenvalue weighted by Gasteiger charge is -2.00. The number of aromatic nitrogens is 1. The first-order valence-electron chi connectivity index (χ1n) is 4.76. The average Bonchev–Trinajstić information content (AvgIpc) is 2.48. The lowest BCUT2D eigenvalue weighted by atomic mass is 10.3. The number of thiazole rings is 1. The van der Waals surface area contributed by atoms with Gasteiger partial charge >= 0.3 is 0 Å². The maximum Gasteiger partial charge on any atom is 0.226 e. The fraction of sp³-hybridized carbons (Fsp3) is 0.556. The number of hydrogen-bond acceptors (Lipinski definition) is 5. The molecule has 1 rings (SSSR count). The van der Waals surface area contributed by atoms with Gasteiger partial charge in [-0.1, -0.05) is 0 Å². The van der Waals surface area contributed by atoms with E-state index in [1.807, 2.05) is 12.3 Å². The van der Waals surface area contributed by atoms with Crippen molar-refractivity contribution >= 4 is 32.2 Å². The quantitative estimate of drug-likeness (QED) is 0.865. The molecule has 1 amide bonds. The third kappa shape index (κ3) is 5.22. The molecule has 0 unspecified atom stereocenters. The summed E-state index contributed by atoms with van der Waals surface area (Å²) >= 11 is 1.36. The van der Waals surface area contributed by atoms with Crippen LogP contribution in [0, 0.1) is 6.92 Å². The Morgan fingerprint density at radius 1 is 1.56 bits per heavy atom. The molecular formula is C9H14N2O3S2. The molecule has 5 nitrogen and oxygen atoms in total. The third-order valence-electron chi connectivity index (χ3n) is 1.78. The van der Waals surface area contributed by atoms with Gasteiger partial charge in [-0.2, -0.15) is 0 Å². The predicted octanol–water partition coefficient (Wildman–Crippen LogP) is 1.21. The van der Waals surface area contributed by atoms with Gasteiger partial charge in [-0.15, -0.1) is 11.3 Å². The van der Waals surface area contributed by atoms with Crippen molar-refractivity contribution in [3.8, 4) is 0 Å². The highest BCUT2D eigenvalue weighted by molar-refractivity contribution is 7.90. The van der Waals surface area contributed by atoms with Crippen molar-refractivity contribution in [2.24, 2.45) is 0 Å². The molecule has 0 saturated carbocycles. The number of anilines is 1. The van der Waals surface area contributed by atoms with Crippen molar-refractivity contribution in [2.75, 3.05) is 17.3 Å². The van der Waals surface area contributed by atoms with Crippen LogP contribution in [-0.2, 0) is 14.6 Å². The van der Waals surface area contributed by atoms with E-state index >= 15 is 0 Å². The third-order valence-corrected chi connectivity index (χ3v) is 3.69. The molecule has 0 radical (unpaired) electrons. The fourth-order valence-corrected chi connectivity index (χ4v) is 2.46. The van der Waals surface area contributed by atoms with Crippen molar-refractivity contribution in [3.63, 3.8) is 0 Å². The molecule has 1 aromatic rings. The van der Waals surface area contributed by atoms with Gasteiger partial charge in [0.15, 0.2) is 5.13 Å². The maximum absolute atomic E-state index is 11.4. The van der Waals surface area contributed by atoms with Crippen LogP contribution in [0.15, 0.2) is 5.38 Å². The zero-order valence-electron chi connectivity index (χ0n) is 9.19. The molecule has 0 saturated heterocycles. The van der Waals surface area contributed by atoms with Gasteiger partial charge in [0.25, 0.3) is 0 Å². The zero-order chi connectivity index (χ0) is 12.2. The summed E-state index contributed by atoms with van der Waals surface area (Å²) in [5.74, 6) is -0.157. The molecule has 1 N–H and O–H groups in total. The van der Waals surface area contributed by atoms with E-state index in [0.29, 0.717) is 11.6 Å². The van der Waals surface area contributed by atoms with Gasteiger partial charge in [-0.05, 0) is 13.3 Å². The molecular weight excluding hydrogens is 248 g/mol. The normalized spacial score (nSPS) is 11.4. The highest BCUT2D eigenvalue weighted by Crippen LogP contribution is 2.14. The Hall–Kier alpha value is -0.950. The number of carbonyl (C=O) groups is 1. The first-order valence-corrected chi connectivity index (χ1v) is 7.70. The number of aryl methyl sites for hydroxylation is 1. The molecule has 0 aliphatic rings. The Bertz CT molecular complexity index is 465. The predicted molar refractivity (Wildman–Crippen MR) is 64.4 cm³/mol. The molecule has 0 spiro atoms. The Labute approximate surface area is 98.8 Å². The van der Waals surface area contributed by atoms with E-state index in [1.54, 1.807) is 0 Å². The Morgan fingerprint density at radius 2 is 2.25 bits per heavy atom. The second-order valence-electron chi connectivity index (χ2n) is 3.58.